The molecule has 2 aromatic heterocycles. The predicted molar refractivity (Wildman–Crippen MR) is 132 cm³/mol. The Bertz CT molecular complexity index is 1130. The minimum atomic E-state index is -0.194. The molecule has 0 aliphatic rings. The van der Waals surface area contributed by atoms with E-state index < -0.39 is 0 Å². The highest BCUT2D eigenvalue weighted by Crippen LogP contribution is 2.28. The number of hydrogen-bond acceptors (Lipinski definition) is 8. The Labute approximate surface area is 198 Å². The number of carbonyl (C=O) groups is 1. The van der Waals surface area contributed by atoms with Gasteiger partial charge in [0, 0.05) is 18.7 Å². The summed E-state index contributed by atoms with van der Waals surface area (Å²) in [6.07, 6.45) is 4.98. The van der Waals surface area contributed by atoms with Gasteiger partial charge < -0.3 is 20.1 Å². The lowest BCUT2D eigenvalue weighted by atomic mass is 10.2. The number of anilines is 1. The van der Waals surface area contributed by atoms with Crippen molar-refractivity contribution in [2.45, 2.75) is 38.5 Å². The molecule has 0 spiro atoms. The van der Waals surface area contributed by atoms with Crippen LogP contribution in [0.4, 0.5) is 5.82 Å². The van der Waals surface area contributed by atoms with Crippen molar-refractivity contribution >= 4 is 40.6 Å². The third kappa shape index (κ3) is 6.38. The Morgan fingerprint density at radius 2 is 2.00 bits per heavy atom. The number of thioether (sulfide) groups is 1. The maximum Gasteiger partial charge on any atom is 0.244 e. The number of benzene rings is 1. The van der Waals surface area contributed by atoms with Crippen molar-refractivity contribution in [2.24, 2.45) is 0 Å². The van der Waals surface area contributed by atoms with Crippen LogP contribution in [-0.4, -0.2) is 58.2 Å². The van der Waals surface area contributed by atoms with Crippen molar-refractivity contribution in [3.8, 4) is 11.5 Å². The highest BCUT2D eigenvalue weighted by Gasteiger charge is 2.14. The van der Waals surface area contributed by atoms with Crippen molar-refractivity contribution in [3.63, 3.8) is 0 Å². The molecule has 2 heterocycles. The minimum Gasteiger partial charge on any atom is -0.493 e. The number of carbonyl (C=O) groups excluding carboxylic acids is 1. The average Bonchev–Trinajstić information content (AvgIpc) is 3.20. The number of rotatable bonds is 11. The highest BCUT2D eigenvalue weighted by atomic mass is 32.2. The first-order valence-electron chi connectivity index (χ1n) is 10.8. The van der Waals surface area contributed by atoms with E-state index in [1.54, 1.807) is 49.0 Å². The SMILES string of the molecule is CCSc1nc(NC(C)C)c2cnn(CCNC(=O)C=Cc3ccc(OC)c(OC)c3)c2n1. The van der Waals surface area contributed by atoms with Gasteiger partial charge in [0.15, 0.2) is 22.3 Å². The number of nitrogens with one attached hydrogen (secondary N) is 2. The van der Waals surface area contributed by atoms with Crippen LogP contribution >= 0.6 is 11.8 Å². The molecule has 0 fully saturated rings. The van der Waals surface area contributed by atoms with Crippen molar-refractivity contribution in [1.29, 1.82) is 0 Å². The Hall–Kier alpha value is -3.27. The third-order valence-corrected chi connectivity index (χ3v) is 5.36. The molecule has 0 atom stereocenters. The average molecular weight is 471 g/mol. The summed E-state index contributed by atoms with van der Waals surface area (Å²) >= 11 is 1.58. The zero-order chi connectivity index (χ0) is 23.8. The van der Waals surface area contributed by atoms with Crippen molar-refractivity contribution in [2.75, 3.05) is 31.8 Å². The summed E-state index contributed by atoms with van der Waals surface area (Å²) in [5.41, 5.74) is 1.59. The molecule has 9 nitrogen and oxygen atoms in total. The largest absolute Gasteiger partial charge is 0.493 e. The van der Waals surface area contributed by atoms with E-state index in [9.17, 15) is 4.79 Å². The normalized spacial score (nSPS) is 11.3. The molecule has 2 N–H and O–H groups in total. The van der Waals surface area contributed by atoms with Crippen LogP contribution in [0.25, 0.3) is 17.1 Å². The summed E-state index contributed by atoms with van der Waals surface area (Å²) < 4.78 is 12.3. The zero-order valence-electron chi connectivity index (χ0n) is 19.6. The summed E-state index contributed by atoms with van der Waals surface area (Å²) in [4.78, 5) is 21.6. The van der Waals surface area contributed by atoms with Gasteiger partial charge in [-0.25, -0.2) is 14.6 Å². The van der Waals surface area contributed by atoms with E-state index >= 15 is 0 Å². The van der Waals surface area contributed by atoms with Crippen molar-refractivity contribution in [1.82, 2.24) is 25.1 Å². The second kappa shape index (κ2) is 11.6. The first-order chi connectivity index (χ1) is 15.9. The first kappa shape index (κ1) is 24.4. The fourth-order valence-corrected chi connectivity index (χ4v) is 3.71. The lowest BCUT2D eigenvalue weighted by molar-refractivity contribution is -0.116. The standard InChI is InChI=1S/C23H30N6O3S/c1-6-33-23-27-21(26-15(2)3)17-14-25-29(22(17)28-23)12-11-24-20(30)10-8-16-7-9-18(31-4)19(13-16)32-5/h7-10,13-15H,6,11-12H2,1-5H3,(H,24,30)(H,26,27,28). The van der Waals surface area contributed by atoms with Crippen LogP contribution in [0.15, 0.2) is 35.6 Å². The van der Waals surface area contributed by atoms with Gasteiger partial charge >= 0.3 is 0 Å². The minimum absolute atomic E-state index is 0.194. The number of nitrogens with zero attached hydrogens (tertiary/aromatic N) is 4. The molecule has 33 heavy (non-hydrogen) atoms. The molecule has 0 aliphatic carbocycles. The quantitative estimate of drug-likeness (QED) is 0.249. The molecule has 0 unspecified atom stereocenters. The van der Waals surface area contributed by atoms with E-state index in [0.717, 1.165) is 28.2 Å². The highest BCUT2D eigenvalue weighted by molar-refractivity contribution is 7.99. The fraction of sp³-hybridized carbons (Fsp3) is 0.391. The molecule has 0 bridgehead atoms. The van der Waals surface area contributed by atoms with Crippen LogP contribution in [0.1, 0.15) is 26.3 Å². The van der Waals surface area contributed by atoms with Gasteiger partial charge in [-0.3, -0.25) is 4.79 Å². The number of aromatic nitrogens is 4. The first-order valence-corrected chi connectivity index (χ1v) is 11.7. The van der Waals surface area contributed by atoms with Crippen molar-refractivity contribution < 1.29 is 14.3 Å². The fourth-order valence-electron chi connectivity index (χ4n) is 3.15. The maximum absolute atomic E-state index is 12.3. The summed E-state index contributed by atoms with van der Waals surface area (Å²) in [6.45, 7) is 7.11. The summed E-state index contributed by atoms with van der Waals surface area (Å²) in [5.74, 6) is 2.71. The Morgan fingerprint density at radius 3 is 2.70 bits per heavy atom. The molecule has 0 aliphatic heterocycles. The van der Waals surface area contributed by atoms with Crippen LogP contribution in [-0.2, 0) is 11.3 Å². The summed E-state index contributed by atoms with van der Waals surface area (Å²) in [5, 5.41) is 12.3. The van der Waals surface area contributed by atoms with Crippen molar-refractivity contribution in [3.05, 3.63) is 36.0 Å². The number of amides is 1. The van der Waals surface area contributed by atoms with Gasteiger partial charge in [-0.2, -0.15) is 5.10 Å². The van der Waals surface area contributed by atoms with Gasteiger partial charge in [0.2, 0.25) is 5.91 Å². The smallest absolute Gasteiger partial charge is 0.244 e. The van der Waals surface area contributed by atoms with Crippen LogP contribution in [0.2, 0.25) is 0 Å². The van der Waals surface area contributed by atoms with E-state index in [-0.39, 0.29) is 11.9 Å². The molecule has 1 aromatic carbocycles. The monoisotopic (exact) mass is 470 g/mol. The molecule has 0 radical (unpaired) electrons. The molecule has 176 valence electrons. The summed E-state index contributed by atoms with van der Waals surface area (Å²) in [6, 6.07) is 5.71. The molecule has 1 amide bonds. The van der Waals surface area contributed by atoms with E-state index in [2.05, 4.69) is 46.5 Å². The second-order valence-electron chi connectivity index (χ2n) is 7.43. The van der Waals surface area contributed by atoms with E-state index in [0.29, 0.717) is 29.7 Å². The Balaban J connectivity index is 1.65. The van der Waals surface area contributed by atoms with E-state index in [4.69, 9.17) is 9.47 Å². The van der Waals surface area contributed by atoms with Crippen LogP contribution in [0, 0.1) is 0 Å². The molecule has 3 aromatic rings. The summed E-state index contributed by atoms with van der Waals surface area (Å²) in [7, 11) is 3.16. The Kier molecular flexibility index (Phi) is 8.53. The van der Waals surface area contributed by atoms with Gasteiger partial charge in [0.1, 0.15) is 5.82 Å². The molecule has 3 rings (SSSR count). The Morgan fingerprint density at radius 1 is 1.21 bits per heavy atom. The zero-order valence-corrected chi connectivity index (χ0v) is 20.4. The maximum atomic E-state index is 12.3. The van der Waals surface area contributed by atoms with Crippen LogP contribution in [0.5, 0.6) is 11.5 Å². The lowest BCUT2D eigenvalue weighted by Gasteiger charge is -2.11. The van der Waals surface area contributed by atoms with Gasteiger partial charge in [-0.1, -0.05) is 24.8 Å². The van der Waals surface area contributed by atoms with Gasteiger partial charge in [0.05, 0.1) is 32.3 Å². The lowest BCUT2D eigenvalue weighted by Crippen LogP contribution is -2.25. The number of methoxy groups -OCH3 is 2. The number of hydrogen-bond donors (Lipinski definition) is 2. The van der Waals surface area contributed by atoms with Crippen LogP contribution in [0.3, 0.4) is 0 Å². The third-order valence-electron chi connectivity index (χ3n) is 4.63. The molecular formula is C23H30N6O3S. The second-order valence-corrected chi connectivity index (χ2v) is 8.66. The number of fused-ring (bicyclic) bond motifs is 1. The van der Waals surface area contributed by atoms with Gasteiger partial charge in [0.25, 0.3) is 0 Å². The number of ether oxygens (including phenoxy) is 2. The van der Waals surface area contributed by atoms with E-state index in [1.807, 2.05) is 12.1 Å². The molecular weight excluding hydrogens is 440 g/mol. The molecule has 0 saturated heterocycles. The topological polar surface area (TPSA) is 103 Å². The molecule has 10 heteroatoms. The van der Waals surface area contributed by atoms with Gasteiger partial charge in [-0.05, 0) is 43.4 Å². The van der Waals surface area contributed by atoms with Crippen LogP contribution < -0.4 is 20.1 Å². The predicted octanol–water partition coefficient (Wildman–Crippen LogP) is 3.61. The molecule has 0 saturated carbocycles. The van der Waals surface area contributed by atoms with E-state index in [1.165, 1.54) is 6.08 Å². The van der Waals surface area contributed by atoms with Gasteiger partial charge in [-0.15, -0.1) is 0 Å².